The molecule has 0 spiro atoms. The van der Waals surface area contributed by atoms with Crippen molar-refractivity contribution < 1.29 is 4.42 Å². The van der Waals surface area contributed by atoms with E-state index in [4.69, 9.17) is 4.42 Å². The van der Waals surface area contributed by atoms with Crippen LogP contribution < -0.4 is 4.90 Å². The van der Waals surface area contributed by atoms with Crippen LogP contribution in [0, 0.1) is 0 Å². The highest BCUT2D eigenvalue weighted by Crippen LogP contribution is 2.44. The maximum absolute atomic E-state index is 6.34. The number of rotatable bonds is 5. The van der Waals surface area contributed by atoms with E-state index in [-0.39, 0.29) is 0 Å². The van der Waals surface area contributed by atoms with Crippen LogP contribution in [0.2, 0.25) is 0 Å². The molecule has 10 rings (SSSR count). The Kier molecular flexibility index (Phi) is 6.39. The fourth-order valence-electron chi connectivity index (χ4n) is 7.31. The lowest BCUT2D eigenvalue weighted by molar-refractivity contribution is 0.669. The fourth-order valence-corrected chi connectivity index (χ4v) is 8.53. The molecule has 0 aliphatic carbocycles. The second-order valence-corrected chi connectivity index (χ2v) is 13.6. The maximum Gasteiger partial charge on any atom is 0.137 e. The van der Waals surface area contributed by atoms with E-state index in [1.54, 1.807) is 0 Å². The minimum absolute atomic E-state index is 0.879. The van der Waals surface area contributed by atoms with Crippen LogP contribution in [-0.4, -0.2) is 0 Å². The smallest absolute Gasteiger partial charge is 0.137 e. The van der Waals surface area contributed by atoms with Crippen LogP contribution in [-0.2, 0) is 0 Å². The lowest BCUT2D eigenvalue weighted by Crippen LogP contribution is -2.09. The predicted octanol–water partition coefficient (Wildman–Crippen LogP) is 13.9. The van der Waals surface area contributed by atoms with Crippen molar-refractivity contribution in [3.63, 3.8) is 0 Å². The third-order valence-corrected chi connectivity index (χ3v) is 10.9. The van der Waals surface area contributed by atoms with Gasteiger partial charge in [0, 0.05) is 59.5 Å². The van der Waals surface area contributed by atoms with Crippen LogP contribution in [0.5, 0.6) is 0 Å². The van der Waals surface area contributed by atoms with Gasteiger partial charge in [-0.15, -0.1) is 11.3 Å². The Morgan fingerprint density at radius 1 is 0.367 bits per heavy atom. The molecule has 0 radical (unpaired) electrons. The molecule has 2 heterocycles. The summed E-state index contributed by atoms with van der Waals surface area (Å²) in [6, 6.07) is 63.1. The fraction of sp³-hybridized carbons (Fsp3) is 0. The largest absolute Gasteiger partial charge is 0.456 e. The summed E-state index contributed by atoms with van der Waals surface area (Å²) < 4.78 is 9.02. The van der Waals surface area contributed by atoms with Gasteiger partial charge in [0.25, 0.3) is 0 Å². The Morgan fingerprint density at radius 2 is 0.939 bits per heavy atom. The van der Waals surface area contributed by atoms with Crippen LogP contribution in [0.4, 0.5) is 17.1 Å². The number of fused-ring (bicyclic) bond motifs is 8. The number of para-hydroxylation sites is 1. The summed E-state index contributed by atoms with van der Waals surface area (Å²) in [6.07, 6.45) is 0. The number of thiophene rings is 1. The molecule has 0 bridgehead atoms. The van der Waals surface area contributed by atoms with Gasteiger partial charge >= 0.3 is 0 Å². The van der Waals surface area contributed by atoms with Gasteiger partial charge in [-0.3, -0.25) is 0 Å². The molecular weight excluding hydrogens is 615 g/mol. The SMILES string of the molecule is c1ccc(-c2ccc(N(c3ccc(-c4cc5c6ccccc6sc5c5ccccc45)cc3)c3ccc4c(c3)oc3ccccc34)cc2)cc1. The van der Waals surface area contributed by atoms with E-state index < -0.39 is 0 Å². The normalized spacial score (nSPS) is 11.7. The van der Waals surface area contributed by atoms with Crippen molar-refractivity contribution in [2.24, 2.45) is 0 Å². The molecule has 230 valence electrons. The van der Waals surface area contributed by atoms with Crippen LogP contribution >= 0.6 is 11.3 Å². The van der Waals surface area contributed by atoms with Crippen molar-refractivity contribution >= 4 is 81.3 Å². The van der Waals surface area contributed by atoms with Crippen LogP contribution in [0.25, 0.3) is 75.1 Å². The van der Waals surface area contributed by atoms with Crippen molar-refractivity contribution in [1.82, 2.24) is 0 Å². The molecule has 0 saturated carbocycles. The zero-order chi connectivity index (χ0) is 32.3. The number of hydrogen-bond donors (Lipinski definition) is 0. The second-order valence-electron chi connectivity index (χ2n) is 12.5. The zero-order valence-electron chi connectivity index (χ0n) is 26.5. The van der Waals surface area contributed by atoms with Gasteiger partial charge in [0.05, 0.1) is 0 Å². The monoisotopic (exact) mass is 643 g/mol. The highest BCUT2D eigenvalue weighted by Gasteiger charge is 2.17. The van der Waals surface area contributed by atoms with Gasteiger partial charge in [0.1, 0.15) is 11.2 Å². The van der Waals surface area contributed by atoms with E-state index >= 15 is 0 Å². The quantitative estimate of drug-likeness (QED) is 0.186. The van der Waals surface area contributed by atoms with Crippen molar-refractivity contribution in [1.29, 1.82) is 0 Å². The van der Waals surface area contributed by atoms with E-state index in [0.717, 1.165) is 39.0 Å². The predicted molar refractivity (Wildman–Crippen MR) is 210 cm³/mol. The summed E-state index contributed by atoms with van der Waals surface area (Å²) in [5.41, 5.74) is 9.84. The van der Waals surface area contributed by atoms with Gasteiger partial charge in [0.2, 0.25) is 0 Å². The Hall–Kier alpha value is -6.16. The Labute approximate surface area is 287 Å². The molecule has 10 aromatic rings. The number of nitrogens with zero attached hydrogens (tertiary/aromatic N) is 1. The number of hydrogen-bond acceptors (Lipinski definition) is 3. The van der Waals surface area contributed by atoms with Crippen molar-refractivity contribution in [3.05, 3.63) is 176 Å². The molecule has 0 atom stereocenters. The van der Waals surface area contributed by atoms with Crippen LogP contribution in [0.3, 0.4) is 0 Å². The van der Waals surface area contributed by atoms with Gasteiger partial charge in [0.15, 0.2) is 0 Å². The minimum atomic E-state index is 0.879. The van der Waals surface area contributed by atoms with Gasteiger partial charge in [-0.2, -0.15) is 0 Å². The lowest BCUT2D eigenvalue weighted by Gasteiger charge is -2.26. The standard InChI is InChI=1S/C46H29NOS/c1-2-10-30(11-3-1)31-18-22-33(23-19-31)47(35-26-27-38-37-13-6-8-16-43(37)48-44(38)28-35)34-24-20-32(21-25-34)41-29-42-39-14-7-9-17-45(39)49-46(42)40-15-5-4-12-36(40)41/h1-29H. The average Bonchev–Trinajstić information content (AvgIpc) is 3.74. The summed E-state index contributed by atoms with van der Waals surface area (Å²) in [5.74, 6) is 0. The average molecular weight is 644 g/mol. The summed E-state index contributed by atoms with van der Waals surface area (Å²) >= 11 is 1.88. The molecule has 0 fully saturated rings. The highest BCUT2D eigenvalue weighted by molar-refractivity contribution is 7.26. The number of benzene rings is 8. The first-order valence-electron chi connectivity index (χ1n) is 16.6. The van der Waals surface area contributed by atoms with E-state index in [2.05, 4.69) is 169 Å². The molecule has 0 aliphatic rings. The van der Waals surface area contributed by atoms with Crippen molar-refractivity contribution in [2.75, 3.05) is 4.90 Å². The number of anilines is 3. The van der Waals surface area contributed by atoms with Gasteiger partial charge in [-0.25, -0.2) is 0 Å². The minimum Gasteiger partial charge on any atom is -0.456 e. The summed E-state index contributed by atoms with van der Waals surface area (Å²) in [5, 5.41) is 7.47. The van der Waals surface area contributed by atoms with Crippen LogP contribution in [0.1, 0.15) is 0 Å². The van der Waals surface area contributed by atoms with E-state index in [9.17, 15) is 0 Å². The molecule has 2 nitrogen and oxygen atoms in total. The van der Waals surface area contributed by atoms with Gasteiger partial charge < -0.3 is 9.32 Å². The van der Waals surface area contributed by atoms with Crippen molar-refractivity contribution in [2.45, 2.75) is 0 Å². The first-order chi connectivity index (χ1) is 24.3. The van der Waals surface area contributed by atoms with E-state index in [1.807, 2.05) is 23.5 Å². The molecule has 0 aliphatic heterocycles. The van der Waals surface area contributed by atoms with Crippen molar-refractivity contribution in [3.8, 4) is 22.3 Å². The topological polar surface area (TPSA) is 16.4 Å². The Bertz CT molecular complexity index is 2810. The molecule has 8 aromatic carbocycles. The van der Waals surface area contributed by atoms with E-state index in [0.29, 0.717) is 0 Å². The molecule has 49 heavy (non-hydrogen) atoms. The number of furan rings is 1. The molecule has 0 N–H and O–H groups in total. The third kappa shape index (κ3) is 4.62. The Balaban J connectivity index is 1.12. The van der Waals surface area contributed by atoms with Gasteiger partial charge in [-0.05, 0) is 82.2 Å². The third-order valence-electron chi connectivity index (χ3n) is 9.67. The Morgan fingerprint density at radius 3 is 1.71 bits per heavy atom. The second kappa shape index (κ2) is 11.2. The zero-order valence-corrected chi connectivity index (χ0v) is 27.3. The van der Waals surface area contributed by atoms with E-state index in [1.165, 1.54) is 53.2 Å². The summed E-state index contributed by atoms with van der Waals surface area (Å²) in [4.78, 5) is 2.32. The molecule has 3 heteroatoms. The van der Waals surface area contributed by atoms with Crippen LogP contribution in [0.15, 0.2) is 180 Å². The first-order valence-corrected chi connectivity index (χ1v) is 17.4. The molecule has 2 aromatic heterocycles. The molecule has 0 amide bonds. The molecule has 0 saturated heterocycles. The lowest BCUT2D eigenvalue weighted by atomic mass is 9.95. The van der Waals surface area contributed by atoms with Gasteiger partial charge in [-0.1, -0.05) is 115 Å². The maximum atomic E-state index is 6.34. The highest BCUT2D eigenvalue weighted by atomic mass is 32.1. The molecular formula is C46H29NOS. The summed E-state index contributed by atoms with van der Waals surface area (Å²) in [7, 11) is 0. The molecule has 0 unspecified atom stereocenters. The summed E-state index contributed by atoms with van der Waals surface area (Å²) in [6.45, 7) is 0. The first kappa shape index (κ1) is 27.9.